The van der Waals surface area contributed by atoms with E-state index in [9.17, 15) is 4.79 Å². The summed E-state index contributed by atoms with van der Waals surface area (Å²) in [5, 5.41) is -0.231. The van der Waals surface area contributed by atoms with E-state index in [2.05, 4.69) is 58.9 Å². The van der Waals surface area contributed by atoms with Crippen LogP contribution in [0, 0.1) is 19.3 Å². The van der Waals surface area contributed by atoms with Gasteiger partial charge in [-0.3, -0.25) is 0 Å². The minimum absolute atomic E-state index is 0.0647. The zero-order valence-corrected chi connectivity index (χ0v) is 16.9. The van der Waals surface area contributed by atoms with Crippen LogP contribution in [-0.4, -0.2) is 11.4 Å². The Bertz CT molecular complexity index is 730. The SMILES string of the molecule is Cc1ccc(C)c(SC(=O)OC(C)C(C)(C)C)c1Cc1ccccc1. The van der Waals surface area contributed by atoms with Gasteiger partial charge in [-0.15, -0.1) is 0 Å². The maximum absolute atomic E-state index is 12.5. The average molecular weight is 357 g/mol. The highest BCUT2D eigenvalue weighted by molar-refractivity contribution is 8.13. The molecule has 2 rings (SSSR count). The van der Waals surface area contributed by atoms with Crippen molar-refractivity contribution in [3.8, 4) is 0 Å². The molecule has 0 aliphatic heterocycles. The van der Waals surface area contributed by atoms with Gasteiger partial charge in [-0.2, -0.15) is 0 Å². The van der Waals surface area contributed by atoms with Crippen molar-refractivity contribution in [1.82, 2.24) is 0 Å². The smallest absolute Gasteiger partial charge is 0.372 e. The fraction of sp³-hybridized carbons (Fsp3) is 0.409. The summed E-state index contributed by atoms with van der Waals surface area (Å²) in [5.74, 6) is 0. The molecule has 0 spiro atoms. The molecule has 2 nitrogen and oxygen atoms in total. The third kappa shape index (κ3) is 5.37. The summed E-state index contributed by atoms with van der Waals surface area (Å²) >= 11 is 1.21. The second-order valence-electron chi connectivity index (χ2n) is 7.65. The van der Waals surface area contributed by atoms with Crippen molar-refractivity contribution >= 4 is 17.1 Å². The van der Waals surface area contributed by atoms with E-state index in [-0.39, 0.29) is 16.8 Å². The summed E-state index contributed by atoms with van der Waals surface area (Å²) in [6, 6.07) is 14.6. The monoisotopic (exact) mass is 356 g/mol. The Kier molecular flexibility index (Phi) is 6.34. The van der Waals surface area contributed by atoms with Crippen LogP contribution >= 0.6 is 11.8 Å². The predicted octanol–water partition coefficient (Wildman–Crippen LogP) is 6.56. The molecule has 0 radical (unpaired) electrons. The Balaban J connectivity index is 2.25. The number of benzene rings is 2. The molecule has 0 amide bonds. The van der Waals surface area contributed by atoms with Crippen molar-refractivity contribution in [2.24, 2.45) is 5.41 Å². The van der Waals surface area contributed by atoms with Gasteiger partial charge in [0.1, 0.15) is 6.10 Å². The number of thioether (sulfide) groups is 1. The molecule has 1 unspecified atom stereocenters. The van der Waals surface area contributed by atoms with E-state index in [0.717, 1.165) is 16.9 Å². The standard InChI is InChI=1S/C22H28O2S/c1-15-12-13-16(2)20(19(15)14-18-10-8-7-9-11-18)25-21(23)24-17(3)22(4,5)6/h7-13,17H,14H2,1-6H3. The number of rotatable bonds is 4. The van der Waals surface area contributed by atoms with E-state index >= 15 is 0 Å². The quantitative estimate of drug-likeness (QED) is 0.458. The van der Waals surface area contributed by atoms with Crippen molar-refractivity contribution in [2.75, 3.05) is 0 Å². The largest absolute Gasteiger partial charge is 0.454 e. The fourth-order valence-corrected chi connectivity index (χ4v) is 3.38. The lowest BCUT2D eigenvalue weighted by atomic mass is 9.90. The van der Waals surface area contributed by atoms with Crippen LogP contribution in [0.1, 0.15) is 49.9 Å². The van der Waals surface area contributed by atoms with Gasteiger partial charge in [0, 0.05) is 4.90 Å². The predicted molar refractivity (Wildman–Crippen MR) is 106 cm³/mol. The molecule has 0 fully saturated rings. The van der Waals surface area contributed by atoms with Crippen LogP contribution in [0.4, 0.5) is 4.79 Å². The lowest BCUT2D eigenvalue weighted by molar-refractivity contribution is 0.0611. The van der Waals surface area contributed by atoms with Crippen LogP contribution in [0.5, 0.6) is 0 Å². The van der Waals surface area contributed by atoms with Crippen molar-refractivity contribution in [3.63, 3.8) is 0 Å². The minimum Gasteiger partial charge on any atom is -0.454 e. The third-order valence-corrected chi connectivity index (χ3v) is 5.63. The first-order valence-corrected chi connectivity index (χ1v) is 9.51. The second kappa shape index (κ2) is 8.09. The molecular weight excluding hydrogens is 328 g/mol. The van der Waals surface area contributed by atoms with Crippen molar-refractivity contribution in [3.05, 3.63) is 64.7 Å². The van der Waals surface area contributed by atoms with Crippen molar-refractivity contribution in [1.29, 1.82) is 0 Å². The Morgan fingerprint density at radius 3 is 2.24 bits per heavy atom. The molecular formula is C22H28O2S. The Labute approximate surface area is 156 Å². The number of ether oxygens (including phenoxy) is 1. The van der Waals surface area contributed by atoms with Gasteiger partial charge in [0.2, 0.25) is 0 Å². The van der Waals surface area contributed by atoms with E-state index in [0.29, 0.717) is 0 Å². The molecule has 0 saturated carbocycles. The molecule has 0 bridgehead atoms. The van der Waals surface area contributed by atoms with Crippen molar-refractivity contribution in [2.45, 2.75) is 59.0 Å². The molecule has 0 saturated heterocycles. The number of aryl methyl sites for hydroxylation is 2. The van der Waals surface area contributed by atoms with Crippen molar-refractivity contribution < 1.29 is 9.53 Å². The number of hydrogen-bond acceptors (Lipinski definition) is 3. The summed E-state index contributed by atoms with van der Waals surface area (Å²) in [7, 11) is 0. The zero-order chi connectivity index (χ0) is 18.6. The highest BCUT2D eigenvalue weighted by Gasteiger charge is 2.25. The fourth-order valence-electron chi connectivity index (χ4n) is 2.43. The van der Waals surface area contributed by atoms with Gasteiger partial charge < -0.3 is 4.74 Å². The Morgan fingerprint density at radius 2 is 1.64 bits per heavy atom. The average Bonchev–Trinajstić information content (AvgIpc) is 2.54. The number of carbonyl (C=O) groups excluding carboxylic acids is 1. The van der Waals surface area contributed by atoms with Gasteiger partial charge in [-0.05, 0) is 66.6 Å². The van der Waals surface area contributed by atoms with Crippen LogP contribution in [0.3, 0.4) is 0 Å². The molecule has 2 aromatic carbocycles. The summed E-state index contributed by atoms with van der Waals surface area (Å²) in [5.41, 5.74) is 4.70. The summed E-state index contributed by atoms with van der Waals surface area (Å²) in [6.07, 6.45) is 0.689. The summed E-state index contributed by atoms with van der Waals surface area (Å²) in [4.78, 5) is 13.5. The molecule has 0 aromatic heterocycles. The van der Waals surface area contributed by atoms with Crippen LogP contribution in [0.25, 0.3) is 0 Å². The third-order valence-electron chi connectivity index (χ3n) is 4.59. The lowest BCUT2D eigenvalue weighted by Crippen LogP contribution is -2.27. The Morgan fingerprint density at radius 1 is 1.04 bits per heavy atom. The highest BCUT2D eigenvalue weighted by atomic mass is 32.2. The second-order valence-corrected chi connectivity index (χ2v) is 8.59. The van der Waals surface area contributed by atoms with Crippen LogP contribution in [0.2, 0.25) is 0 Å². The van der Waals surface area contributed by atoms with E-state index < -0.39 is 0 Å². The molecule has 0 N–H and O–H groups in total. The topological polar surface area (TPSA) is 26.3 Å². The molecule has 25 heavy (non-hydrogen) atoms. The van der Waals surface area contributed by atoms with E-state index in [1.54, 1.807) is 0 Å². The number of carbonyl (C=O) groups is 1. The molecule has 0 aliphatic carbocycles. The molecule has 134 valence electrons. The van der Waals surface area contributed by atoms with Crippen LogP contribution < -0.4 is 0 Å². The maximum atomic E-state index is 12.5. The van der Waals surface area contributed by atoms with Gasteiger partial charge in [0.05, 0.1) is 0 Å². The van der Waals surface area contributed by atoms with Gasteiger partial charge in [0.25, 0.3) is 0 Å². The molecule has 0 heterocycles. The van der Waals surface area contributed by atoms with E-state index in [4.69, 9.17) is 4.74 Å². The molecule has 1 atom stereocenters. The Hall–Kier alpha value is -1.74. The van der Waals surface area contributed by atoms with Gasteiger partial charge in [-0.1, -0.05) is 63.2 Å². The first-order valence-electron chi connectivity index (χ1n) is 8.70. The van der Waals surface area contributed by atoms with Crippen LogP contribution in [0.15, 0.2) is 47.4 Å². The lowest BCUT2D eigenvalue weighted by Gasteiger charge is -2.26. The first-order chi connectivity index (χ1) is 11.7. The zero-order valence-electron chi connectivity index (χ0n) is 16.1. The van der Waals surface area contributed by atoms with Gasteiger partial charge in [-0.25, -0.2) is 4.79 Å². The minimum atomic E-state index is -0.231. The number of hydrogen-bond donors (Lipinski definition) is 0. The normalized spacial score (nSPS) is 12.7. The van der Waals surface area contributed by atoms with Crippen LogP contribution in [-0.2, 0) is 11.2 Å². The van der Waals surface area contributed by atoms with Gasteiger partial charge >= 0.3 is 5.30 Å². The molecule has 0 aliphatic rings. The molecule has 3 heteroatoms. The maximum Gasteiger partial charge on any atom is 0.372 e. The van der Waals surface area contributed by atoms with E-state index in [1.165, 1.54) is 28.5 Å². The highest BCUT2D eigenvalue weighted by Crippen LogP contribution is 2.33. The van der Waals surface area contributed by atoms with E-state index in [1.807, 2.05) is 25.1 Å². The molecule has 2 aromatic rings. The summed E-state index contributed by atoms with van der Waals surface area (Å²) < 4.78 is 5.64. The summed E-state index contributed by atoms with van der Waals surface area (Å²) in [6.45, 7) is 12.3. The first kappa shape index (κ1) is 19.6. The van der Waals surface area contributed by atoms with Gasteiger partial charge in [0.15, 0.2) is 0 Å².